The number of anilines is 2. The normalized spacial score (nSPS) is 16.6. The fraction of sp³-hybridized carbons (Fsp3) is 0.389. The Bertz CT molecular complexity index is 805. The third-order valence-corrected chi connectivity index (χ3v) is 4.64. The van der Waals surface area contributed by atoms with Crippen molar-refractivity contribution in [1.82, 2.24) is 19.8 Å². The van der Waals surface area contributed by atoms with Crippen LogP contribution in [-0.2, 0) is 0 Å². The van der Waals surface area contributed by atoms with E-state index in [9.17, 15) is 4.79 Å². The van der Waals surface area contributed by atoms with Crippen LogP contribution in [0.3, 0.4) is 0 Å². The minimum Gasteiger partial charge on any atom is -0.454 e. The maximum Gasteiger partial charge on any atom is 0.272 e. The van der Waals surface area contributed by atoms with E-state index in [4.69, 9.17) is 9.47 Å². The Hall–Kier alpha value is -2.87. The van der Waals surface area contributed by atoms with Gasteiger partial charge in [-0.15, -0.1) is 0 Å². The van der Waals surface area contributed by atoms with E-state index in [0.717, 1.165) is 44.2 Å². The van der Waals surface area contributed by atoms with Gasteiger partial charge in [-0.1, -0.05) is 6.92 Å². The van der Waals surface area contributed by atoms with Crippen LogP contribution in [0.1, 0.15) is 17.4 Å². The Morgan fingerprint density at radius 3 is 2.73 bits per heavy atom. The van der Waals surface area contributed by atoms with E-state index in [2.05, 4.69) is 27.1 Å². The summed E-state index contributed by atoms with van der Waals surface area (Å²) in [6.07, 6.45) is 1.41. The molecular formula is C18H21N5O3. The standard InChI is InChI=1S/C18H21N5O3/c1-2-22-5-7-23(8-6-22)18(24)14-10-17(20-11-19-14)21-13-3-4-15-16(9-13)26-12-25-15/h3-4,9-11H,2,5-8,12H2,1H3,(H,19,20,21). The molecule has 0 bridgehead atoms. The molecule has 3 heterocycles. The number of aromatic nitrogens is 2. The van der Waals surface area contributed by atoms with Crippen LogP contribution in [0, 0.1) is 0 Å². The molecule has 0 spiro atoms. The van der Waals surface area contributed by atoms with E-state index in [0.29, 0.717) is 17.3 Å². The first kappa shape index (κ1) is 16.6. The van der Waals surface area contributed by atoms with Crippen molar-refractivity contribution in [3.8, 4) is 11.5 Å². The number of hydrogen-bond acceptors (Lipinski definition) is 7. The number of fused-ring (bicyclic) bond motifs is 1. The van der Waals surface area contributed by atoms with Gasteiger partial charge in [0.1, 0.15) is 17.8 Å². The molecule has 136 valence electrons. The zero-order valence-electron chi connectivity index (χ0n) is 14.6. The SMILES string of the molecule is CCN1CCN(C(=O)c2cc(Nc3ccc4c(c3)OCO4)ncn2)CC1. The van der Waals surface area contributed by atoms with Crippen molar-refractivity contribution in [1.29, 1.82) is 0 Å². The molecule has 0 atom stereocenters. The topological polar surface area (TPSA) is 79.8 Å². The molecule has 8 heteroatoms. The monoisotopic (exact) mass is 355 g/mol. The van der Waals surface area contributed by atoms with Crippen LogP contribution in [0.5, 0.6) is 11.5 Å². The molecule has 1 N–H and O–H groups in total. The van der Waals surface area contributed by atoms with Crippen molar-refractivity contribution in [2.45, 2.75) is 6.92 Å². The van der Waals surface area contributed by atoms with E-state index >= 15 is 0 Å². The average Bonchev–Trinajstić information content (AvgIpc) is 3.15. The molecule has 1 aromatic carbocycles. The molecule has 8 nitrogen and oxygen atoms in total. The number of likely N-dealkylation sites (N-methyl/N-ethyl adjacent to an activating group) is 1. The second-order valence-corrected chi connectivity index (χ2v) is 6.21. The van der Waals surface area contributed by atoms with E-state index in [1.165, 1.54) is 6.33 Å². The first-order valence-electron chi connectivity index (χ1n) is 8.73. The molecule has 2 aromatic rings. The molecule has 2 aliphatic heterocycles. The van der Waals surface area contributed by atoms with E-state index in [1.54, 1.807) is 6.07 Å². The van der Waals surface area contributed by atoms with Gasteiger partial charge >= 0.3 is 0 Å². The number of benzene rings is 1. The van der Waals surface area contributed by atoms with Gasteiger partial charge in [0.05, 0.1) is 0 Å². The lowest BCUT2D eigenvalue weighted by atomic mass is 10.2. The van der Waals surface area contributed by atoms with Gasteiger partial charge in [-0.2, -0.15) is 0 Å². The lowest BCUT2D eigenvalue weighted by molar-refractivity contribution is 0.0637. The summed E-state index contributed by atoms with van der Waals surface area (Å²) in [7, 11) is 0. The number of nitrogens with one attached hydrogen (secondary N) is 1. The van der Waals surface area contributed by atoms with Crippen molar-refractivity contribution >= 4 is 17.4 Å². The predicted octanol–water partition coefficient (Wildman–Crippen LogP) is 1.73. The average molecular weight is 355 g/mol. The highest BCUT2D eigenvalue weighted by molar-refractivity contribution is 5.93. The molecule has 26 heavy (non-hydrogen) atoms. The van der Waals surface area contributed by atoms with E-state index in [-0.39, 0.29) is 12.7 Å². The van der Waals surface area contributed by atoms with Gasteiger partial charge in [0.25, 0.3) is 5.91 Å². The third-order valence-electron chi connectivity index (χ3n) is 4.64. The summed E-state index contributed by atoms with van der Waals surface area (Å²) in [5, 5.41) is 3.18. The maximum atomic E-state index is 12.7. The van der Waals surface area contributed by atoms with Crippen LogP contribution in [-0.4, -0.2) is 65.2 Å². The predicted molar refractivity (Wildman–Crippen MR) is 95.9 cm³/mol. The summed E-state index contributed by atoms with van der Waals surface area (Å²) in [6, 6.07) is 7.24. The van der Waals surface area contributed by atoms with Crippen molar-refractivity contribution in [2.75, 3.05) is 44.8 Å². The molecule has 1 aromatic heterocycles. The highest BCUT2D eigenvalue weighted by Crippen LogP contribution is 2.34. The molecule has 2 aliphatic rings. The van der Waals surface area contributed by atoms with Crippen LogP contribution in [0.4, 0.5) is 11.5 Å². The van der Waals surface area contributed by atoms with Crippen LogP contribution in [0.2, 0.25) is 0 Å². The fourth-order valence-electron chi connectivity index (χ4n) is 3.09. The molecule has 0 radical (unpaired) electrons. The fourth-order valence-corrected chi connectivity index (χ4v) is 3.09. The molecule has 0 unspecified atom stereocenters. The molecule has 1 fully saturated rings. The number of carbonyl (C=O) groups is 1. The van der Waals surface area contributed by atoms with Crippen LogP contribution in [0.25, 0.3) is 0 Å². The number of amides is 1. The zero-order chi connectivity index (χ0) is 17.9. The Balaban J connectivity index is 1.45. The van der Waals surface area contributed by atoms with Gasteiger partial charge in [0.15, 0.2) is 11.5 Å². The summed E-state index contributed by atoms with van der Waals surface area (Å²) < 4.78 is 10.7. The number of carbonyl (C=O) groups excluding carboxylic acids is 1. The van der Waals surface area contributed by atoms with Gasteiger partial charge in [-0.3, -0.25) is 4.79 Å². The lowest BCUT2D eigenvalue weighted by Gasteiger charge is -2.33. The van der Waals surface area contributed by atoms with Crippen molar-refractivity contribution in [3.63, 3.8) is 0 Å². The zero-order valence-corrected chi connectivity index (χ0v) is 14.6. The van der Waals surface area contributed by atoms with Crippen LogP contribution < -0.4 is 14.8 Å². The molecule has 0 aliphatic carbocycles. The summed E-state index contributed by atoms with van der Waals surface area (Å²) >= 11 is 0. The summed E-state index contributed by atoms with van der Waals surface area (Å²) in [6.45, 7) is 6.62. The van der Waals surface area contributed by atoms with Crippen molar-refractivity contribution < 1.29 is 14.3 Å². The van der Waals surface area contributed by atoms with Crippen molar-refractivity contribution in [2.24, 2.45) is 0 Å². The Kier molecular flexibility index (Phi) is 4.57. The summed E-state index contributed by atoms with van der Waals surface area (Å²) in [4.78, 5) is 25.2. The summed E-state index contributed by atoms with van der Waals surface area (Å²) in [5.74, 6) is 1.92. The Morgan fingerprint density at radius 2 is 1.92 bits per heavy atom. The Morgan fingerprint density at radius 1 is 1.12 bits per heavy atom. The smallest absolute Gasteiger partial charge is 0.272 e. The van der Waals surface area contributed by atoms with Gasteiger partial charge in [0.2, 0.25) is 6.79 Å². The number of hydrogen-bond donors (Lipinski definition) is 1. The molecule has 1 saturated heterocycles. The van der Waals surface area contributed by atoms with Gasteiger partial charge in [-0.25, -0.2) is 9.97 Å². The highest BCUT2D eigenvalue weighted by Gasteiger charge is 2.22. The van der Waals surface area contributed by atoms with Gasteiger partial charge in [-0.05, 0) is 18.7 Å². The van der Waals surface area contributed by atoms with E-state index < -0.39 is 0 Å². The van der Waals surface area contributed by atoms with E-state index in [1.807, 2.05) is 23.1 Å². The molecule has 4 rings (SSSR count). The maximum absolute atomic E-state index is 12.7. The molecular weight excluding hydrogens is 334 g/mol. The van der Waals surface area contributed by atoms with Crippen LogP contribution in [0.15, 0.2) is 30.6 Å². The Labute approximate surface area is 151 Å². The van der Waals surface area contributed by atoms with Crippen molar-refractivity contribution in [3.05, 3.63) is 36.3 Å². The number of nitrogens with zero attached hydrogens (tertiary/aromatic N) is 4. The first-order valence-corrected chi connectivity index (χ1v) is 8.73. The van der Waals surface area contributed by atoms with Crippen LogP contribution >= 0.6 is 0 Å². The number of ether oxygens (including phenoxy) is 2. The minimum atomic E-state index is -0.0584. The number of rotatable bonds is 4. The van der Waals surface area contributed by atoms with Gasteiger partial charge < -0.3 is 24.6 Å². The second kappa shape index (κ2) is 7.17. The van der Waals surface area contributed by atoms with Gasteiger partial charge in [0, 0.05) is 44.0 Å². The minimum absolute atomic E-state index is 0.0584. The highest BCUT2D eigenvalue weighted by atomic mass is 16.7. The lowest BCUT2D eigenvalue weighted by Crippen LogP contribution is -2.48. The first-order chi connectivity index (χ1) is 12.7. The molecule has 0 saturated carbocycles. The molecule has 1 amide bonds. The second-order valence-electron chi connectivity index (χ2n) is 6.21. The summed E-state index contributed by atoms with van der Waals surface area (Å²) in [5.41, 5.74) is 1.20. The third kappa shape index (κ3) is 3.41. The number of piperazine rings is 1. The largest absolute Gasteiger partial charge is 0.454 e. The quantitative estimate of drug-likeness (QED) is 0.894.